The van der Waals surface area contributed by atoms with Gasteiger partial charge in [-0.15, -0.1) is 0 Å². The molecule has 9 rings (SSSR count). The van der Waals surface area contributed by atoms with E-state index in [-0.39, 0.29) is 39.6 Å². The summed E-state index contributed by atoms with van der Waals surface area (Å²) >= 11 is 0. The van der Waals surface area contributed by atoms with Crippen LogP contribution in [0.4, 0.5) is 51.2 Å². The Bertz CT molecular complexity index is 2770. The van der Waals surface area contributed by atoms with Crippen LogP contribution in [0.5, 0.6) is 0 Å². The minimum absolute atomic E-state index is 0.0271. The molecule has 0 atom stereocenters. The number of hydrogen-bond donors (Lipinski definition) is 6. The fraction of sp³-hybridized carbons (Fsp3) is 0.100. The zero-order valence-electron chi connectivity index (χ0n) is 38.0. The number of hydrogen-bond acceptors (Lipinski definition) is 9. The molecule has 0 saturated heterocycles. The maximum atomic E-state index is 10.1. The summed E-state index contributed by atoms with van der Waals surface area (Å²) in [6.07, 6.45) is 0. The molecule has 9 aromatic carbocycles. The van der Waals surface area contributed by atoms with Gasteiger partial charge in [0.05, 0.1) is 56.7 Å². The highest BCUT2D eigenvalue weighted by Gasteiger charge is 2.23. The Labute approximate surface area is 402 Å². The highest BCUT2D eigenvalue weighted by atomic mass is 16.3. The van der Waals surface area contributed by atoms with Crippen molar-refractivity contribution in [2.75, 3.05) is 14.7 Å². The maximum absolute atomic E-state index is 10.1. The van der Waals surface area contributed by atoms with Gasteiger partial charge in [0.2, 0.25) is 0 Å². The summed E-state index contributed by atoms with van der Waals surface area (Å²) in [5, 5.41) is 59.7. The summed E-state index contributed by atoms with van der Waals surface area (Å²) in [6.45, 7) is -0.448. The van der Waals surface area contributed by atoms with E-state index in [1.165, 1.54) is 0 Å². The molecule has 0 fully saturated rings. The van der Waals surface area contributed by atoms with Crippen molar-refractivity contribution in [2.45, 2.75) is 39.6 Å². The molecule has 0 aliphatic carbocycles. The van der Waals surface area contributed by atoms with E-state index in [0.29, 0.717) is 0 Å². The lowest BCUT2D eigenvalue weighted by atomic mass is 10.0. The van der Waals surface area contributed by atoms with Gasteiger partial charge in [-0.2, -0.15) is 0 Å². The second kappa shape index (κ2) is 21.4. The molecule has 0 aliphatic heterocycles. The standard InChI is InChI=1S/C60H53N3O6/c64-36-42-1-13-48(14-2-42)50-17-29-56(30-18-50)63(57-31-19-51(20-32-57)49-15-3-43(37-65)4-16-49)60-34-58(61(52-21-5-44(38-66)6-22-52)53-23-7-45(39-67)8-24-53)33-59(35-60)62(54-25-9-46(40-68)10-26-54)55-27-11-47(41-69)12-28-55/h1-35,64-69H,36-41H2. The summed E-state index contributed by atoms with van der Waals surface area (Å²) < 4.78 is 0. The summed E-state index contributed by atoms with van der Waals surface area (Å²) in [6, 6.07) is 70.4. The van der Waals surface area contributed by atoms with E-state index in [1.807, 2.05) is 146 Å². The van der Waals surface area contributed by atoms with Gasteiger partial charge in [0.1, 0.15) is 0 Å². The van der Waals surface area contributed by atoms with Crippen LogP contribution in [0.15, 0.2) is 212 Å². The molecule has 0 heterocycles. The number of nitrogens with zero attached hydrogens (tertiary/aromatic N) is 3. The first-order valence-corrected chi connectivity index (χ1v) is 22.8. The fourth-order valence-electron chi connectivity index (χ4n) is 8.52. The van der Waals surface area contributed by atoms with Gasteiger partial charge in [-0.05, 0) is 147 Å². The molecule has 9 heteroatoms. The van der Waals surface area contributed by atoms with Gasteiger partial charge in [0.25, 0.3) is 0 Å². The molecular weight excluding hydrogens is 859 g/mol. The zero-order valence-corrected chi connectivity index (χ0v) is 38.0. The lowest BCUT2D eigenvalue weighted by Crippen LogP contribution is -2.16. The Balaban J connectivity index is 1.29. The van der Waals surface area contributed by atoms with Crippen molar-refractivity contribution >= 4 is 51.2 Å². The number of benzene rings is 9. The summed E-state index contributed by atoms with van der Waals surface area (Å²) in [7, 11) is 0. The van der Waals surface area contributed by atoms with E-state index < -0.39 is 0 Å². The van der Waals surface area contributed by atoms with Crippen LogP contribution in [-0.2, 0) is 39.6 Å². The van der Waals surface area contributed by atoms with Gasteiger partial charge in [0.15, 0.2) is 0 Å². The third-order valence-corrected chi connectivity index (χ3v) is 12.4. The molecule has 0 aliphatic rings. The molecule has 6 N–H and O–H groups in total. The number of anilines is 9. The normalized spacial score (nSPS) is 11.1. The monoisotopic (exact) mass is 911 g/mol. The first kappa shape index (κ1) is 46.3. The molecule has 0 unspecified atom stereocenters. The minimum Gasteiger partial charge on any atom is -0.392 e. The van der Waals surface area contributed by atoms with Crippen molar-refractivity contribution in [2.24, 2.45) is 0 Å². The van der Waals surface area contributed by atoms with E-state index in [2.05, 4.69) is 81.4 Å². The van der Waals surface area contributed by atoms with Gasteiger partial charge in [-0.3, -0.25) is 0 Å². The van der Waals surface area contributed by atoms with E-state index in [9.17, 15) is 30.6 Å². The maximum Gasteiger partial charge on any atom is 0.0681 e. The number of aliphatic hydroxyl groups excluding tert-OH is 6. The fourth-order valence-corrected chi connectivity index (χ4v) is 8.52. The van der Waals surface area contributed by atoms with Crippen LogP contribution in [0.25, 0.3) is 22.3 Å². The van der Waals surface area contributed by atoms with Crippen LogP contribution in [0.3, 0.4) is 0 Å². The Kier molecular flexibility index (Phi) is 14.3. The largest absolute Gasteiger partial charge is 0.392 e. The molecule has 0 amide bonds. The highest BCUT2D eigenvalue weighted by Crippen LogP contribution is 2.46. The van der Waals surface area contributed by atoms with Crippen LogP contribution in [-0.4, -0.2) is 30.6 Å². The van der Waals surface area contributed by atoms with Crippen molar-refractivity contribution < 1.29 is 30.6 Å². The van der Waals surface area contributed by atoms with E-state index in [4.69, 9.17) is 0 Å². The first-order valence-electron chi connectivity index (χ1n) is 22.8. The summed E-state index contributed by atoms with van der Waals surface area (Å²) in [4.78, 5) is 6.55. The Morgan fingerprint density at radius 2 is 0.333 bits per heavy atom. The number of rotatable bonds is 17. The Hall–Kier alpha value is -7.86. The molecule has 0 radical (unpaired) electrons. The van der Waals surface area contributed by atoms with Crippen LogP contribution < -0.4 is 14.7 Å². The topological polar surface area (TPSA) is 131 Å². The lowest BCUT2D eigenvalue weighted by Gasteiger charge is -2.33. The summed E-state index contributed by atoms with van der Waals surface area (Å²) in [5.41, 5.74) is 16.5. The van der Waals surface area contributed by atoms with Crippen molar-refractivity contribution in [3.63, 3.8) is 0 Å². The number of aliphatic hydroxyl groups is 6. The first-order chi connectivity index (χ1) is 33.9. The van der Waals surface area contributed by atoms with Crippen molar-refractivity contribution in [1.82, 2.24) is 0 Å². The average Bonchev–Trinajstić information content (AvgIpc) is 3.42. The van der Waals surface area contributed by atoms with Crippen LogP contribution in [0.1, 0.15) is 33.4 Å². The molecule has 344 valence electrons. The minimum atomic E-state index is -0.0985. The van der Waals surface area contributed by atoms with Crippen LogP contribution >= 0.6 is 0 Å². The highest BCUT2D eigenvalue weighted by molar-refractivity contribution is 5.90. The van der Waals surface area contributed by atoms with Crippen molar-refractivity contribution in [1.29, 1.82) is 0 Å². The van der Waals surface area contributed by atoms with Crippen LogP contribution in [0.2, 0.25) is 0 Å². The van der Waals surface area contributed by atoms with Gasteiger partial charge >= 0.3 is 0 Å². The summed E-state index contributed by atoms with van der Waals surface area (Å²) in [5.74, 6) is 0. The lowest BCUT2D eigenvalue weighted by molar-refractivity contribution is 0.281. The molecule has 0 aromatic heterocycles. The molecular formula is C60H53N3O6. The molecule has 9 aromatic rings. The van der Waals surface area contributed by atoms with E-state index in [0.717, 1.165) is 107 Å². The van der Waals surface area contributed by atoms with Crippen LogP contribution in [0, 0.1) is 0 Å². The predicted octanol–water partition coefficient (Wildman–Crippen LogP) is 12.4. The van der Waals surface area contributed by atoms with E-state index in [1.54, 1.807) is 0 Å². The molecule has 9 nitrogen and oxygen atoms in total. The third-order valence-electron chi connectivity index (χ3n) is 12.4. The molecule has 0 bridgehead atoms. The Morgan fingerprint density at radius 3 is 0.507 bits per heavy atom. The van der Waals surface area contributed by atoms with Gasteiger partial charge in [-0.25, -0.2) is 0 Å². The second-order valence-corrected chi connectivity index (χ2v) is 16.8. The SMILES string of the molecule is OCc1ccc(-c2ccc(N(c3ccc(-c4ccc(CO)cc4)cc3)c3cc(N(c4ccc(CO)cc4)c4ccc(CO)cc4)cc(N(c4ccc(CO)cc4)c4ccc(CO)cc4)c3)cc2)cc1. The van der Waals surface area contributed by atoms with Crippen molar-refractivity contribution in [3.05, 3.63) is 246 Å². The predicted molar refractivity (Wildman–Crippen MR) is 277 cm³/mol. The average molecular weight is 912 g/mol. The quantitative estimate of drug-likeness (QED) is 0.0529. The molecule has 0 saturated carbocycles. The third kappa shape index (κ3) is 10.4. The smallest absolute Gasteiger partial charge is 0.0681 e. The zero-order chi connectivity index (χ0) is 47.7. The van der Waals surface area contributed by atoms with Gasteiger partial charge in [-0.1, -0.05) is 121 Å². The van der Waals surface area contributed by atoms with Crippen molar-refractivity contribution in [3.8, 4) is 22.3 Å². The van der Waals surface area contributed by atoms with E-state index >= 15 is 0 Å². The second-order valence-electron chi connectivity index (χ2n) is 16.8. The molecule has 69 heavy (non-hydrogen) atoms. The van der Waals surface area contributed by atoms with Gasteiger partial charge in [0, 0.05) is 34.1 Å². The molecule has 0 spiro atoms. The van der Waals surface area contributed by atoms with Gasteiger partial charge < -0.3 is 45.3 Å². The Morgan fingerprint density at radius 1 is 0.188 bits per heavy atom.